The number of rotatable bonds is 9. The summed E-state index contributed by atoms with van der Waals surface area (Å²) in [6, 6.07) is 5.21. The minimum Gasteiger partial charge on any atom is -0.395 e. The van der Waals surface area contributed by atoms with Crippen LogP contribution in [0.4, 0.5) is 10.5 Å². The first kappa shape index (κ1) is 24.2. The molecule has 32 heavy (non-hydrogen) atoms. The van der Waals surface area contributed by atoms with Gasteiger partial charge in [0.15, 0.2) is 0 Å². The van der Waals surface area contributed by atoms with Crippen LogP contribution >= 0.6 is 11.6 Å². The normalized spacial score (nSPS) is 22.0. The number of nitrogens with zero attached hydrogens (tertiary/aromatic N) is 2. The highest BCUT2D eigenvalue weighted by Crippen LogP contribution is 2.26. The van der Waals surface area contributed by atoms with Crippen molar-refractivity contribution in [3.05, 3.63) is 28.8 Å². The fraction of sp³-hybridized carbons (Fsp3) is 0.571. The number of carbonyl (C=O) groups excluding carboxylic acids is 3. The van der Waals surface area contributed by atoms with Crippen molar-refractivity contribution in [2.45, 2.75) is 38.0 Å². The molecule has 2 atom stereocenters. The lowest BCUT2D eigenvalue weighted by Gasteiger charge is -2.37. The van der Waals surface area contributed by atoms with Crippen LogP contribution in [0.3, 0.4) is 0 Å². The number of aryl methyl sites for hydroxylation is 1. The van der Waals surface area contributed by atoms with E-state index in [0.717, 1.165) is 16.3 Å². The molecule has 0 aliphatic carbocycles. The zero-order chi connectivity index (χ0) is 23.3. The van der Waals surface area contributed by atoms with Crippen LogP contribution in [-0.2, 0) is 9.59 Å². The number of halogens is 1. The summed E-state index contributed by atoms with van der Waals surface area (Å²) in [5, 5.41) is 27.2. The van der Waals surface area contributed by atoms with Gasteiger partial charge in [-0.3, -0.25) is 20.2 Å². The Morgan fingerprint density at radius 1 is 1.28 bits per heavy atom. The van der Waals surface area contributed by atoms with Crippen molar-refractivity contribution < 1.29 is 24.6 Å². The van der Waals surface area contributed by atoms with E-state index in [-0.39, 0.29) is 38.3 Å². The maximum absolute atomic E-state index is 12.8. The highest BCUT2D eigenvalue weighted by Gasteiger charge is 2.47. The summed E-state index contributed by atoms with van der Waals surface area (Å²) >= 11 is 6.10. The number of aliphatic hydroxyl groups excluding tert-OH is 2. The van der Waals surface area contributed by atoms with E-state index in [1.165, 1.54) is 0 Å². The van der Waals surface area contributed by atoms with Crippen LogP contribution in [0.15, 0.2) is 18.2 Å². The van der Waals surface area contributed by atoms with Gasteiger partial charge in [0, 0.05) is 56.3 Å². The summed E-state index contributed by atoms with van der Waals surface area (Å²) in [6.45, 7) is 4.37. The van der Waals surface area contributed by atoms with Crippen molar-refractivity contribution in [1.82, 2.24) is 20.9 Å². The van der Waals surface area contributed by atoms with Crippen LogP contribution in [-0.4, -0.2) is 84.1 Å². The van der Waals surface area contributed by atoms with Gasteiger partial charge in [-0.2, -0.15) is 0 Å². The highest BCUT2D eigenvalue weighted by molar-refractivity contribution is 6.31. The molecule has 4 amide bonds. The molecule has 3 rings (SSSR count). The molecule has 0 aromatic heterocycles. The fourth-order valence-corrected chi connectivity index (χ4v) is 4.22. The maximum atomic E-state index is 12.8. The number of carbonyl (C=O) groups is 3. The quantitative estimate of drug-likeness (QED) is 0.254. The summed E-state index contributed by atoms with van der Waals surface area (Å²) in [7, 11) is 0. The number of anilines is 1. The largest absolute Gasteiger partial charge is 0.395 e. The molecule has 10 nitrogen and oxygen atoms in total. The van der Waals surface area contributed by atoms with E-state index in [9.17, 15) is 19.5 Å². The molecule has 11 heteroatoms. The monoisotopic (exact) mass is 467 g/mol. The van der Waals surface area contributed by atoms with Crippen molar-refractivity contribution in [1.29, 1.82) is 0 Å². The molecule has 0 bridgehead atoms. The van der Waals surface area contributed by atoms with Crippen molar-refractivity contribution in [3.63, 3.8) is 0 Å². The molecule has 0 radical (unpaired) electrons. The van der Waals surface area contributed by atoms with E-state index in [2.05, 4.69) is 20.9 Å². The Hall–Kier alpha value is -2.40. The van der Waals surface area contributed by atoms with Gasteiger partial charge < -0.3 is 25.3 Å². The minimum absolute atomic E-state index is 0.0560. The minimum atomic E-state index is -1.38. The molecular formula is C21H30ClN5O5. The molecule has 1 aromatic rings. The number of piperazine rings is 1. The van der Waals surface area contributed by atoms with Gasteiger partial charge in [0.25, 0.3) is 5.91 Å². The van der Waals surface area contributed by atoms with E-state index in [1.807, 2.05) is 25.1 Å². The third-order valence-corrected chi connectivity index (χ3v) is 6.38. The predicted molar refractivity (Wildman–Crippen MR) is 119 cm³/mol. The fourth-order valence-electron chi connectivity index (χ4n) is 4.10. The number of aliphatic hydroxyl groups is 2. The van der Waals surface area contributed by atoms with Gasteiger partial charge in [0.05, 0.1) is 6.61 Å². The van der Waals surface area contributed by atoms with Gasteiger partial charge in [-0.1, -0.05) is 11.6 Å². The molecule has 2 saturated heterocycles. The first-order valence-corrected chi connectivity index (χ1v) is 11.1. The number of imide groups is 1. The van der Waals surface area contributed by atoms with Crippen LogP contribution in [0.5, 0.6) is 0 Å². The molecular weight excluding hydrogens is 438 g/mol. The Morgan fingerprint density at radius 2 is 2.00 bits per heavy atom. The second-order valence-electron chi connectivity index (χ2n) is 8.19. The molecule has 5 N–H and O–H groups in total. The number of hydrogen-bond donors (Lipinski definition) is 5. The second kappa shape index (κ2) is 10.5. The van der Waals surface area contributed by atoms with Gasteiger partial charge in [-0.25, -0.2) is 4.79 Å². The molecule has 2 heterocycles. The van der Waals surface area contributed by atoms with E-state index in [4.69, 9.17) is 16.7 Å². The van der Waals surface area contributed by atoms with Crippen molar-refractivity contribution in [2.75, 3.05) is 44.2 Å². The van der Waals surface area contributed by atoms with E-state index < -0.39 is 23.7 Å². The third kappa shape index (κ3) is 5.69. The van der Waals surface area contributed by atoms with E-state index in [0.29, 0.717) is 26.2 Å². The van der Waals surface area contributed by atoms with Gasteiger partial charge in [-0.15, -0.1) is 0 Å². The van der Waals surface area contributed by atoms with E-state index in [1.54, 1.807) is 4.90 Å². The number of benzene rings is 1. The van der Waals surface area contributed by atoms with Gasteiger partial charge in [-0.05, 0) is 37.1 Å². The Morgan fingerprint density at radius 3 is 2.59 bits per heavy atom. The van der Waals surface area contributed by atoms with Crippen LogP contribution in [0.1, 0.15) is 24.8 Å². The van der Waals surface area contributed by atoms with Crippen LogP contribution < -0.4 is 20.9 Å². The standard InChI is InChI=1S/C21H30ClN5O5/c1-14-12-15(2-3-16(14)22)26-7-9-27(10-8-26)18(30)4-5-21(13-17(29)23-6-11-28)19(31)24-20(32)25-21/h2-3,12,17,23,28-29H,4-11,13H2,1H3,(H2,24,25,31,32). The number of urea groups is 1. The Kier molecular flexibility index (Phi) is 7.94. The molecule has 1 aromatic carbocycles. The summed E-state index contributed by atoms with van der Waals surface area (Å²) < 4.78 is 0. The van der Waals surface area contributed by atoms with Gasteiger partial charge in [0.2, 0.25) is 5.91 Å². The smallest absolute Gasteiger partial charge is 0.322 e. The zero-order valence-electron chi connectivity index (χ0n) is 18.1. The average molecular weight is 468 g/mol. The molecule has 176 valence electrons. The van der Waals surface area contributed by atoms with Crippen LogP contribution in [0, 0.1) is 6.92 Å². The lowest BCUT2D eigenvalue weighted by molar-refractivity contribution is -0.132. The summed E-state index contributed by atoms with van der Waals surface area (Å²) in [6.07, 6.45) is -1.10. The Labute approximate surface area is 191 Å². The first-order chi connectivity index (χ1) is 15.2. The first-order valence-electron chi connectivity index (χ1n) is 10.7. The molecule has 2 unspecified atom stereocenters. The van der Waals surface area contributed by atoms with Crippen LogP contribution in [0.25, 0.3) is 0 Å². The topological polar surface area (TPSA) is 134 Å². The SMILES string of the molecule is Cc1cc(N2CCN(C(=O)CCC3(CC(O)NCCO)NC(=O)NC3=O)CC2)ccc1Cl. The molecule has 0 spiro atoms. The Bertz CT molecular complexity index is 861. The van der Waals surface area contributed by atoms with Crippen LogP contribution in [0.2, 0.25) is 5.02 Å². The van der Waals surface area contributed by atoms with Crippen molar-refractivity contribution in [2.24, 2.45) is 0 Å². The number of hydrogen-bond acceptors (Lipinski definition) is 7. The van der Waals surface area contributed by atoms with Gasteiger partial charge >= 0.3 is 6.03 Å². The zero-order valence-corrected chi connectivity index (χ0v) is 18.8. The summed E-state index contributed by atoms with van der Waals surface area (Å²) in [4.78, 5) is 40.9. The molecule has 2 aliphatic rings. The van der Waals surface area contributed by atoms with Gasteiger partial charge in [0.1, 0.15) is 11.8 Å². The summed E-state index contributed by atoms with van der Waals surface area (Å²) in [5.74, 6) is -0.675. The predicted octanol–water partition coefficient (Wildman–Crippen LogP) is -0.0542. The number of nitrogens with one attached hydrogen (secondary N) is 3. The lowest BCUT2D eigenvalue weighted by Crippen LogP contribution is -2.53. The highest BCUT2D eigenvalue weighted by atomic mass is 35.5. The van der Waals surface area contributed by atoms with Crippen molar-refractivity contribution in [3.8, 4) is 0 Å². The Balaban J connectivity index is 1.55. The third-order valence-electron chi connectivity index (χ3n) is 5.95. The lowest BCUT2D eigenvalue weighted by atomic mass is 9.88. The average Bonchev–Trinajstić information content (AvgIpc) is 3.05. The van der Waals surface area contributed by atoms with Crippen molar-refractivity contribution >= 4 is 35.1 Å². The number of amides is 4. The molecule has 2 fully saturated rings. The maximum Gasteiger partial charge on any atom is 0.322 e. The van der Waals surface area contributed by atoms with E-state index >= 15 is 0 Å². The second-order valence-corrected chi connectivity index (χ2v) is 8.60. The summed E-state index contributed by atoms with van der Waals surface area (Å²) in [5.41, 5.74) is 0.685. The molecule has 2 aliphatic heterocycles. The molecule has 0 saturated carbocycles.